The summed E-state index contributed by atoms with van der Waals surface area (Å²) in [5.74, 6) is 0.964. The van der Waals surface area contributed by atoms with Gasteiger partial charge in [0.2, 0.25) is 5.91 Å². The van der Waals surface area contributed by atoms with Crippen LogP contribution in [0.2, 0.25) is 0 Å². The Morgan fingerprint density at radius 2 is 1.86 bits per heavy atom. The lowest BCUT2D eigenvalue weighted by atomic mass is 9.80. The first kappa shape index (κ1) is 15.8. The van der Waals surface area contributed by atoms with E-state index in [0.717, 1.165) is 37.0 Å². The van der Waals surface area contributed by atoms with Crippen molar-refractivity contribution in [3.63, 3.8) is 0 Å². The van der Waals surface area contributed by atoms with E-state index < -0.39 is 0 Å². The first-order valence-electron chi connectivity index (χ1n) is 7.68. The molecule has 0 saturated heterocycles. The predicted octanol–water partition coefficient (Wildman–Crippen LogP) is 2.71. The van der Waals surface area contributed by atoms with E-state index in [1.165, 1.54) is 6.42 Å². The Morgan fingerprint density at radius 1 is 1.24 bits per heavy atom. The molecule has 0 radical (unpaired) electrons. The summed E-state index contributed by atoms with van der Waals surface area (Å²) >= 11 is 0. The Labute approximate surface area is 127 Å². The molecule has 2 rings (SSSR count). The van der Waals surface area contributed by atoms with Crippen molar-refractivity contribution >= 4 is 5.91 Å². The molecule has 0 unspecified atom stereocenters. The van der Waals surface area contributed by atoms with Crippen LogP contribution in [-0.4, -0.2) is 30.5 Å². The third kappa shape index (κ3) is 4.46. The normalized spacial score (nSPS) is 17.3. The summed E-state index contributed by atoms with van der Waals surface area (Å²) < 4.78 is 5.14. The van der Waals surface area contributed by atoms with Crippen molar-refractivity contribution in [3.05, 3.63) is 29.8 Å². The second kappa shape index (κ2) is 6.94. The number of ether oxygens (including phenoxy) is 1. The van der Waals surface area contributed by atoms with Crippen molar-refractivity contribution in [2.45, 2.75) is 50.6 Å². The van der Waals surface area contributed by atoms with Crippen LogP contribution in [-0.2, 0) is 11.3 Å². The zero-order valence-electron chi connectivity index (χ0n) is 13.1. The zero-order chi connectivity index (χ0) is 15.3. The summed E-state index contributed by atoms with van der Waals surface area (Å²) in [4.78, 5) is 14.1. The minimum Gasteiger partial charge on any atom is -0.497 e. The second-order valence-electron chi connectivity index (χ2n) is 6.20. The lowest BCUT2D eigenvalue weighted by Crippen LogP contribution is -2.46. The number of nitrogens with zero attached hydrogens (tertiary/aromatic N) is 1. The molecule has 2 N–H and O–H groups in total. The first-order valence-corrected chi connectivity index (χ1v) is 7.68. The highest BCUT2D eigenvalue weighted by atomic mass is 16.5. The van der Waals surface area contributed by atoms with Crippen molar-refractivity contribution < 1.29 is 9.53 Å². The van der Waals surface area contributed by atoms with E-state index >= 15 is 0 Å². The fraction of sp³-hybridized carbons (Fsp3) is 0.588. The monoisotopic (exact) mass is 290 g/mol. The average Bonchev–Trinajstić information content (AvgIpc) is 2.48. The number of hydrogen-bond acceptors (Lipinski definition) is 3. The summed E-state index contributed by atoms with van der Waals surface area (Å²) in [6.45, 7) is 0.610. The van der Waals surface area contributed by atoms with E-state index in [1.807, 2.05) is 31.3 Å². The number of hydrogen-bond donors (Lipinski definition) is 1. The lowest BCUT2D eigenvalue weighted by molar-refractivity contribution is -0.132. The molecule has 1 aliphatic carbocycles. The lowest BCUT2D eigenvalue weighted by Gasteiger charge is -2.34. The van der Waals surface area contributed by atoms with Crippen molar-refractivity contribution in [1.29, 1.82) is 0 Å². The van der Waals surface area contributed by atoms with E-state index in [0.29, 0.717) is 13.0 Å². The molecule has 116 valence electrons. The van der Waals surface area contributed by atoms with E-state index in [1.54, 1.807) is 12.0 Å². The van der Waals surface area contributed by atoms with Crippen LogP contribution in [0.3, 0.4) is 0 Å². The Hall–Kier alpha value is -1.55. The molecule has 4 nitrogen and oxygen atoms in total. The number of methoxy groups -OCH3 is 1. The largest absolute Gasteiger partial charge is 0.497 e. The molecule has 0 heterocycles. The molecule has 0 atom stereocenters. The summed E-state index contributed by atoms with van der Waals surface area (Å²) in [6, 6.07) is 7.81. The van der Waals surface area contributed by atoms with Gasteiger partial charge in [-0.15, -0.1) is 0 Å². The van der Waals surface area contributed by atoms with Gasteiger partial charge in [-0.1, -0.05) is 31.4 Å². The molecular weight excluding hydrogens is 264 g/mol. The molecule has 1 aromatic rings. The van der Waals surface area contributed by atoms with Crippen molar-refractivity contribution in [2.24, 2.45) is 5.73 Å². The molecule has 0 spiro atoms. The smallest absolute Gasteiger partial charge is 0.224 e. The van der Waals surface area contributed by atoms with Crippen LogP contribution in [0.5, 0.6) is 5.75 Å². The van der Waals surface area contributed by atoms with Crippen LogP contribution < -0.4 is 10.5 Å². The number of rotatable bonds is 5. The summed E-state index contributed by atoms with van der Waals surface area (Å²) in [5, 5.41) is 0. The Bertz CT molecular complexity index is 464. The minimum absolute atomic E-state index is 0.134. The van der Waals surface area contributed by atoms with Gasteiger partial charge >= 0.3 is 0 Å². The van der Waals surface area contributed by atoms with Gasteiger partial charge in [-0.2, -0.15) is 0 Å². The van der Waals surface area contributed by atoms with Gasteiger partial charge < -0.3 is 15.4 Å². The van der Waals surface area contributed by atoms with Crippen LogP contribution in [0, 0.1) is 0 Å². The van der Waals surface area contributed by atoms with E-state index in [9.17, 15) is 4.79 Å². The SMILES string of the molecule is COc1ccc(CN(C)C(=O)CC2(N)CCCCC2)cc1. The molecule has 1 aromatic carbocycles. The standard InChI is InChI=1S/C17H26N2O2/c1-19(13-14-6-8-15(21-2)9-7-14)16(20)12-17(18)10-4-3-5-11-17/h6-9H,3-5,10-13,18H2,1-2H3. The third-order valence-electron chi connectivity index (χ3n) is 4.36. The summed E-state index contributed by atoms with van der Waals surface area (Å²) in [5.41, 5.74) is 7.18. The molecular formula is C17H26N2O2. The quantitative estimate of drug-likeness (QED) is 0.907. The fourth-order valence-electron chi connectivity index (χ4n) is 2.96. The van der Waals surface area contributed by atoms with Crippen LogP contribution >= 0.6 is 0 Å². The maximum Gasteiger partial charge on any atom is 0.224 e. The number of carbonyl (C=O) groups excluding carboxylic acids is 1. The van der Waals surface area contributed by atoms with Gasteiger partial charge in [0.05, 0.1) is 7.11 Å². The molecule has 1 aliphatic rings. The summed E-state index contributed by atoms with van der Waals surface area (Å²) in [7, 11) is 3.49. The Morgan fingerprint density at radius 3 is 2.43 bits per heavy atom. The highest BCUT2D eigenvalue weighted by Gasteiger charge is 2.31. The van der Waals surface area contributed by atoms with Gasteiger partial charge in [0.25, 0.3) is 0 Å². The molecule has 1 fully saturated rings. The molecule has 1 saturated carbocycles. The van der Waals surface area contributed by atoms with Gasteiger partial charge in [0.1, 0.15) is 5.75 Å². The number of amides is 1. The molecule has 1 amide bonds. The maximum atomic E-state index is 12.4. The number of carbonyl (C=O) groups is 1. The molecule has 0 aliphatic heterocycles. The first-order chi connectivity index (χ1) is 10.0. The Balaban J connectivity index is 1.89. The van der Waals surface area contributed by atoms with E-state index in [4.69, 9.17) is 10.5 Å². The molecule has 0 bridgehead atoms. The third-order valence-corrected chi connectivity index (χ3v) is 4.36. The van der Waals surface area contributed by atoms with Gasteiger partial charge in [0.15, 0.2) is 0 Å². The van der Waals surface area contributed by atoms with Crippen molar-refractivity contribution in [1.82, 2.24) is 4.90 Å². The maximum absolute atomic E-state index is 12.4. The van der Waals surface area contributed by atoms with Crippen molar-refractivity contribution in [2.75, 3.05) is 14.2 Å². The van der Waals surface area contributed by atoms with Gasteiger partial charge in [-0.25, -0.2) is 0 Å². The highest BCUT2D eigenvalue weighted by molar-refractivity contribution is 5.77. The van der Waals surface area contributed by atoms with E-state index in [-0.39, 0.29) is 11.4 Å². The second-order valence-corrected chi connectivity index (χ2v) is 6.20. The van der Waals surface area contributed by atoms with Crippen molar-refractivity contribution in [3.8, 4) is 5.75 Å². The average molecular weight is 290 g/mol. The van der Waals surface area contributed by atoms with Gasteiger partial charge in [-0.05, 0) is 30.5 Å². The summed E-state index contributed by atoms with van der Waals surface area (Å²) in [6.07, 6.45) is 5.93. The number of nitrogens with two attached hydrogens (primary N) is 1. The van der Waals surface area contributed by atoms with Crippen LogP contribution in [0.25, 0.3) is 0 Å². The molecule has 21 heavy (non-hydrogen) atoms. The number of benzene rings is 1. The highest BCUT2D eigenvalue weighted by Crippen LogP contribution is 2.29. The van der Waals surface area contributed by atoms with E-state index in [2.05, 4.69) is 0 Å². The Kier molecular flexibility index (Phi) is 5.23. The van der Waals surface area contributed by atoms with Gasteiger partial charge in [0, 0.05) is 25.6 Å². The van der Waals surface area contributed by atoms with Crippen LogP contribution in [0.15, 0.2) is 24.3 Å². The minimum atomic E-state index is -0.288. The molecule has 0 aromatic heterocycles. The zero-order valence-corrected chi connectivity index (χ0v) is 13.1. The van der Waals surface area contributed by atoms with Crippen LogP contribution in [0.1, 0.15) is 44.1 Å². The topological polar surface area (TPSA) is 55.6 Å². The predicted molar refractivity (Wildman–Crippen MR) is 84.1 cm³/mol. The van der Waals surface area contributed by atoms with Crippen LogP contribution in [0.4, 0.5) is 0 Å². The fourth-order valence-corrected chi connectivity index (χ4v) is 2.96. The van der Waals surface area contributed by atoms with Gasteiger partial charge in [-0.3, -0.25) is 4.79 Å². The molecule has 4 heteroatoms.